The molecular formula is C15H25N3S. The van der Waals surface area contributed by atoms with E-state index in [1.54, 1.807) is 0 Å². The van der Waals surface area contributed by atoms with Gasteiger partial charge in [-0.15, -0.1) is 10.2 Å². The summed E-state index contributed by atoms with van der Waals surface area (Å²) in [6.07, 6.45) is 13.6. The van der Waals surface area contributed by atoms with Gasteiger partial charge in [0.25, 0.3) is 0 Å². The van der Waals surface area contributed by atoms with Crippen molar-refractivity contribution in [3.05, 3.63) is 10.0 Å². The average molecular weight is 279 g/mol. The molecule has 1 aromatic rings. The molecule has 1 saturated heterocycles. The molecule has 0 radical (unpaired) electrons. The molecule has 0 unspecified atom stereocenters. The van der Waals surface area contributed by atoms with E-state index < -0.39 is 0 Å². The molecule has 2 heterocycles. The van der Waals surface area contributed by atoms with Crippen molar-refractivity contribution in [2.45, 2.75) is 76.2 Å². The Bertz CT molecular complexity index is 374. The quantitative estimate of drug-likeness (QED) is 0.882. The van der Waals surface area contributed by atoms with E-state index in [1.807, 2.05) is 11.3 Å². The van der Waals surface area contributed by atoms with Crippen molar-refractivity contribution in [1.29, 1.82) is 0 Å². The first-order valence-corrected chi connectivity index (χ1v) is 8.82. The maximum atomic E-state index is 4.52. The van der Waals surface area contributed by atoms with Gasteiger partial charge in [0.1, 0.15) is 10.0 Å². The molecule has 1 aliphatic carbocycles. The first-order valence-electron chi connectivity index (χ1n) is 8.00. The Hall–Kier alpha value is -0.480. The first-order chi connectivity index (χ1) is 9.43. The molecule has 4 heteroatoms. The molecule has 0 bridgehead atoms. The Kier molecular flexibility index (Phi) is 4.83. The Morgan fingerprint density at radius 1 is 0.789 bits per heavy atom. The number of nitrogens with zero attached hydrogens (tertiary/aromatic N) is 2. The highest BCUT2D eigenvalue weighted by Gasteiger charge is 2.23. The van der Waals surface area contributed by atoms with E-state index in [9.17, 15) is 0 Å². The van der Waals surface area contributed by atoms with E-state index in [4.69, 9.17) is 0 Å². The summed E-state index contributed by atoms with van der Waals surface area (Å²) in [5, 5.41) is 15.0. The van der Waals surface area contributed by atoms with Gasteiger partial charge in [0.2, 0.25) is 0 Å². The maximum Gasteiger partial charge on any atom is 0.134 e. The normalized spacial score (nSPS) is 26.8. The second-order valence-electron chi connectivity index (χ2n) is 6.02. The highest BCUT2D eigenvalue weighted by atomic mass is 32.1. The van der Waals surface area contributed by atoms with Gasteiger partial charge in [0, 0.05) is 5.92 Å². The van der Waals surface area contributed by atoms with Crippen molar-refractivity contribution in [3.8, 4) is 0 Å². The summed E-state index contributed by atoms with van der Waals surface area (Å²) >= 11 is 1.87. The summed E-state index contributed by atoms with van der Waals surface area (Å²) < 4.78 is 0. The molecule has 0 aromatic carbocycles. The second-order valence-corrected chi connectivity index (χ2v) is 7.06. The fraction of sp³-hybridized carbons (Fsp3) is 0.867. The zero-order valence-electron chi connectivity index (χ0n) is 11.7. The molecule has 0 spiro atoms. The summed E-state index contributed by atoms with van der Waals surface area (Å²) in [7, 11) is 0. The van der Waals surface area contributed by atoms with Crippen LogP contribution < -0.4 is 5.32 Å². The van der Waals surface area contributed by atoms with E-state index >= 15 is 0 Å². The topological polar surface area (TPSA) is 37.8 Å². The Morgan fingerprint density at radius 3 is 2.16 bits per heavy atom. The monoisotopic (exact) mass is 279 g/mol. The lowest BCUT2D eigenvalue weighted by atomic mass is 9.98. The number of hydrogen-bond donors (Lipinski definition) is 1. The van der Waals surface area contributed by atoms with Crippen LogP contribution in [0.15, 0.2) is 0 Å². The lowest BCUT2D eigenvalue weighted by molar-refractivity contribution is 0.533. The molecule has 3 rings (SSSR count). The minimum atomic E-state index is 0.489. The van der Waals surface area contributed by atoms with Gasteiger partial charge in [-0.2, -0.15) is 0 Å². The van der Waals surface area contributed by atoms with Gasteiger partial charge in [-0.3, -0.25) is 0 Å². The fourth-order valence-electron chi connectivity index (χ4n) is 3.33. The van der Waals surface area contributed by atoms with Crippen molar-refractivity contribution >= 4 is 11.3 Å². The van der Waals surface area contributed by atoms with Gasteiger partial charge < -0.3 is 5.32 Å². The maximum absolute atomic E-state index is 4.52. The zero-order chi connectivity index (χ0) is 12.9. The van der Waals surface area contributed by atoms with Gasteiger partial charge >= 0.3 is 0 Å². The highest BCUT2D eigenvalue weighted by Crippen LogP contribution is 2.34. The van der Waals surface area contributed by atoms with Crippen LogP contribution in [-0.4, -0.2) is 16.7 Å². The molecule has 3 nitrogen and oxygen atoms in total. The van der Waals surface area contributed by atoms with Crippen LogP contribution in [0.3, 0.4) is 0 Å². The molecule has 1 saturated carbocycles. The molecule has 1 N–H and O–H groups in total. The van der Waals surface area contributed by atoms with Crippen molar-refractivity contribution in [2.24, 2.45) is 0 Å². The van der Waals surface area contributed by atoms with Crippen LogP contribution in [0.2, 0.25) is 0 Å². The fourth-order valence-corrected chi connectivity index (χ4v) is 4.45. The number of rotatable bonds is 2. The van der Waals surface area contributed by atoms with Crippen molar-refractivity contribution in [2.75, 3.05) is 6.54 Å². The molecule has 1 atom stereocenters. The van der Waals surface area contributed by atoms with Crippen molar-refractivity contribution in [1.82, 2.24) is 15.5 Å². The van der Waals surface area contributed by atoms with E-state index in [0.717, 1.165) is 6.54 Å². The van der Waals surface area contributed by atoms with Gasteiger partial charge in [-0.05, 0) is 32.2 Å². The van der Waals surface area contributed by atoms with Crippen LogP contribution in [0.4, 0.5) is 0 Å². The van der Waals surface area contributed by atoms with Gasteiger partial charge in [0.05, 0.1) is 6.04 Å². The SMILES string of the molecule is C1CCCCC(c2nnc([C@@H]3CCCN3)s2)CCC1. The molecular weight excluding hydrogens is 254 g/mol. The minimum Gasteiger partial charge on any atom is -0.308 e. The Balaban J connectivity index is 1.65. The van der Waals surface area contributed by atoms with Gasteiger partial charge in [0.15, 0.2) is 0 Å². The Morgan fingerprint density at radius 2 is 1.47 bits per heavy atom. The third-order valence-corrected chi connectivity index (χ3v) is 5.72. The third kappa shape index (κ3) is 3.54. The summed E-state index contributed by atoms with van der Waals surface area (Å²) in [4.78, 5) is 0. The van der Waals surface area contributed by atoms with Crippen LogP contribution in [0, 0.1) is 0 Å². The Labute approximate surface area is 120 Å². The summed E-state index contributed by atoms with van der Waals surface area (Å²) in [6, 6.07) is 0.489. The van der Waals surface area contributed by atoms with Crippen LogP contribution >= 0.6 is 11.3 Å². The molecule has 2 aliphatic rings. The zero-order valence-corrected chi connectivity index (χ0v) is 12.6. The third-order valence-electron chi connectivity index (χ3n) is 4.52. The molecule has 106 valence electrons. The summed E-state index contributed by atoms with van der Waals surface area (Å²) in [5.41, 5.74) is 0. The minimum absolute atomic E-state index is 0.489. The first kappa shape index (κ1) is 13.5. The molecule has 1 aromatic heterocycles. The molecule has 2 fully saturated rings. The van der Waals surface area contributed by atoms with E-state index in [0.29, 0.717) is 12.0 Å². The lowest BCUT2D eigenvalue weighted by Crippen LogP contribution is -2.12. The van der Waals surface area contributed by atoms with Gasteiger partial charge in [-0.1, -0.05) is 49.9 Å². The van der Waals surface area contributed by atoms with Crippen molar-refractivity contribution in [3.63, 3.8) is 0 Å². The van der Waals surface area contributed by atoms with Crippen LogP contribution in [0.25, 0.3) is 0 Å². The van der Waals surface area contributed by atoms with E-state index in [1.165, 1.54) is 74.2 Å². The standard InChI is InChI=1S/C15H25N3S/c1-2-4-6-9-12(8-5-3-1)14-17-18-15(19-14)13-10-7-11-16-13/h12-13,16H,1-11H2/t13-/m0/s1. The van der Waals surface area contributed by atoms with E-state index in [-0.39, 0.29) is 0 Å². The van der Waals surface area contributed by atoms with Crippen LogP contribution in [0.5, 0.6) is 0 Å². The smallest absolute Gasteiger partial charge is 0.134 e. The average Bonchev–Trinajstić information content (AvgIpc) is 3.11. The number of hydrogen-bond acceptors (Lipinski definition) is 4. The van der Waals surface area contributed by atoms with Crippen molar-refractivity contribution < 1.29 is 0 Å². The largest absolute Gasteiger partial charge is 0.308 e. The molecule has 19 heavy (non-hydrogen) atoms. The summed E-state index contributed by atoms with van der Waals surface area (Å²) in [5.74, 6) is 0.686. The molecule has 0 amide bonds. The predicted molar refractivity (Wildman–Crippen MR) is 79.6 cm³/mol. The number of nitrogens with one attached hydrogen (secondary N) is 1. The van der Waals surface area contributed by atoms with E-state index in [2.05, 4.69) is 15.5 Å². The van der Waals surface area contributed by atoms with Crippen LogP contribution in [0.1, 0.15) is 86.2 Å². The lowest BCUT2D eigenvalue weighted by Gasteiger charge is -2.11. The van der Waals surface area contributed by atoms with Crippen LogP contribution in [-0.2, 0) is 0 Å². The number of aromatic nitrogens is 2. The van der Waals surface area contributed by atoms with Gasteiger partial charge in [-0.25, -0.2) is 0 Å². The highest BCUT2D eigenvalue weighted by molar-refractivity contribution is 7.11. The summed E-state index contributed by atoms with van der Waals surface area (Å²) in [6.45, 7) is 1.14. The second kappa shape index (κ2) is 6.80. The predicted octanol–water partition coefficient (Wildman–Crippen LogP) is 4.18. The molecule has 1 aliphatic heterocycles.